The second-order valence-electron chi connectivity index (χ2n) is 12.3. The summed E-state index contributed by atoms with van der Waals surface area (Å²) < 4.78 is 5.04. The number of carbonyl (C=O) groups is 3. The number of amides is 2. The topological polar surface area (TPSA) is 87.1 Å². The first-order valence-corrected chi connectivity index (χ1v) is 15.9. The van der Waals surface area contributed by atoms with Gasteiger partial charge in [-0.3, -0.25) is 14.4 Å². The summed E-state index contributed by atoms with van der Waals surface area (Å²) >= 11 is 1.68. The smallest absolute Gasteiger partial charge is 0.310 e. The van der Waals surface area contributed by atoms with Crippen LogP contribution in [0.5, 0.6) is 0 Å². The molecule has 7 atom stereocenters. The number of aliphatic hydroxyl groups is 1. The molecule has 3 saturated heterocycles. The van der Waals surface area contributed by atoms with E-state index in [0.717, 1.165) is 51.4 Å². The number of hydrogen-bond acceptors (Lipinski definition) is 6. The molecule has 8 heteroatoms. The quantitative estimate of drug-likeness (QED) is 0.202. The maximum Gasteiger partial charge on any atom is 0.310 e. The Kier molecular flexibility index (Phi) is 9.90. The molecule has 1 N–H and O–H groups in total. The number of likely N-dealkylation sites (tertiary alicyclic amines) is 1. The Balaban J connectivity index is 1.71. The Bertz CT molecular complexity index is 934. The van der Waals surface area contributed by atoms with E-state index in [4.69, 9.17) is 4.74 Å². The van der Waals surface area contributed by atoms with Crippen LogP contribution in [0, 0.1) is 23.7 Å². The number of aliphatic hydroxyl groups excluding tert-OH is 1. The summed E-state index contributed by atoms with van der Waals surface area (Å²) in [4.78, 5) is 46.3. The molecule has 3 aliphatic heterocycles. The van der Waals surface area contributed by atoms with E-state index in [-0.39, 0.29) is 47.5 Å². The number of rotatable bonds is 13. The molecule has 4 rings (SSSR count). The zero-order valence-corrected chi connectivity index (χ0v) is 24.9. The van der Waals surface area contributed by atoms with Gasteiger partial charge in [0.15, 0.2) is 0 Å². The second kappa shape index (κ2) is 12.8. The van der Waals surface area contributed by atoms with Crippen molar-refractivity contribution in [2.24, 2.45) is 23.7 Å². The van der Waals surface area contributed by atoms with Crippen LogP contribution in [-0.4, -0.2) is 80.6 Å². The molecule has 2 amide bonds. The maximum atomic E-state index is 14.7. The number of thioether (sulfide) groups is 1. The molecule has 1 aliphatic carbocycles. The van der Waals surface area contributed by atoms with Gasteiger partial charge < -0.3 is 19.6 Å². The van der Waals surface area contributed by atoms with Crippen molar-refractivity contribution in [1.29, 1.82) is 0 Å². The van der Waals surface area contributed by atoms with Crippen LogP contribution in [0.2, 0.25) is 0 Å². The molecule has 1 saturated carbocycles. The van der Waals surface area contributed by atoms with E-state index < -0.39 is 28.7 Å². The van der Waals surface area contributed by atoms with Gasteiger partial charge in [-0.05, 0) is 50.4 Å². The minimum atomic E-state index is -0.716. The number of allylic oxidation sites excluding steroid dienone is 1. The van der Waals surface area contributed by atoms with E-state index in [2.05, 4.69) is 20.1 Å². The van der Waals surface area contributed by atoms with Crippen LogP contribution in [0.25, 0.3) is 0 Å². The van der Waals surface area contributed by atoms with Gasteiger partial charge in [-0.1, -0.05) is 52.2 Å². The largest absolute Gasteiger partial charge is 0.465 e. The molecule has 3 unspecified atom stereocenters. The highest BCUT2D eigenvalue weighted by Crippen LogP contribution is 2.69. The van der Waals surface area contributed by atoms with E-state index in [1.54, 1.807) is 22.7 Å². The molecular weight excluding hydrogens is 512 g/mol. The van der Waals surface area contributed by atoms with Gasteiger partial charge in [0.25, 0.3) is 0 Å². The highest BCUT2D eigenvalue weighted by Gasteiger charge is 2.77. The summed E-state index contributed by atoms with van der Waals surface area (Å²) in [5.74, 6) is -1.66. The van der Waals surface area contributed by atoms with Gasteiger partial charge >= 0.3 is 5.97 Å². The second-order valence-corrected chi connectivity index (χ2v) is 13.9. The van der Waals surface area contributed by atoms with Crippen LogP contribution in [0.1, 0.15) is 78.6 Å². The average Bonchev–Trinajstić information content (AvgIpc) is 3.51. The molecule has 3 heterocycles. The first-order valence-electron chi connectivity index (χ1n) is 15.0. The lowest BCUT2D eigenvalue weighted by atomic mass is 9.66. The number of unbranched alkanes of at least 4 members (excludes halogenated alkanes) is 2. The van der Waals surface area contributed by atoms with Crippen LogP contribution in [-0.2, 0) is 19.1 Å². The monoisotopic (exact) mass is 560 g/mol. The first kappa shape index (κ1) is 30.2. The fourth-order valence-corrected chi connectivity index (χ4v) is 10.1. The van der Waals surface area contributed by atoms with Crippen molar-refractivity contribution in [3.63, 3.8) is 0 Å². The van der Waals surface area contributed by atoms with Crippen LogP contribution in [0.3, 0.4) is 0 Å². The Labute approximate surface area is 238 Å². The SMILES string of the molecule is C=CCCCCOC(=O)[C@@H]1[C@H]2C(=O)N([C@@H](CO)C(C)C)C(C(=O)N(CC=C)C3CCCCC3)C23S[C@@H]1CC3C. The Morgan fingerprint density at radius 3 is 2.54 bits per heavy atom. The molecule has 39 heavy (non-hydrogen) atoms. The van der Waals surface area contributed by atoms with Gasteiger partial charge in [0.05, 0.1) is 35.8 Å². The van der Waals surface area contributed by atoms with E-state index in [1.807, 2.05) is 24.8 Å². The number of ether oxygens (including phenoxy) is 1. The zero-order valence-electron chi connectivity index (χ0n) is 24.1. The molecule has 4 aliphatic rings. The number of carbonyl (C=O) groups excluding carboxylic acids is 3. The van der Waals surface area contributed by atoms with Crippen molar-refractivity contribution in [2.45, 2.75) is 107 Å². The summed E-state index contributed by atoms with van der Waals surface area (Å²) in [6.45, 7) is 14.3. The minimum absolute atomic E-state index is 0.0405. The summed E-state index contributed by atoms with van der Waals surface area (Å²) in [6.07, 6.45) is 12.2. The normalized spacial score (nSPS) is 32.8. The summed E-state index contributed by atoms with van der Waals surface area (Å²) in [6, 6.07) is -1.09. The molecule has 4 fully saturated rings. The summed E-state index contributed by atoms with van der Waals surface area (Å²) in [7, 11) is 0. The molecule has 0 radical (unpaired) electrons. The van der Waals surface area contributed by atoms with Crippen molar-refractivity contribution in [3.05, 3.63) is 25.3 Å². The van der Waals surface area contributed by atoms with Crippen molar-refractivity contribution in [1.82, 2.24) is 9.80 Å². The van der Waals surface area contributed by atoms with Crippen LogP contribution < -0.4 is 0 Å². The standard InChI is InChI=1S/C31H48N2O5S/c1-6-8-9-13-17-38-30(37)25-24-18-21(5)31(39-24)26(25)28(35)33(23(19-34)20(3)4)27(31)29(36)32(16-7-2)22-14-11-10-12-15-22/h6-7,20-27,34H,1-2,8-19H2,3-5H3/t21?,23-,24+,25-,26-,27?,31?/m0/s1. The maximum absolute atomic E-state index is 14.7. The fourth-order valence-electron chi connectivity index (χ4n) is 7.75. The van der Waals surface area contributed by atoms with Crippen LogP contribution >= 0.6 is 11.8 Å². The third-order valence-electron chi connectivity index (χ3n) is 9.67. The van der Waals surface area contributed by atoms with Crippen molar-refractivity contribution in [3.8, 4) is 0 Å². The average molecular weight is 561 g/mol. The predicted molar refractivity (Wildman–Crippen MR) is 155 cm³/mol. The molecule has 0 aromatic rings. The molecule has 2 bridgehead atoms. The number of nitrogens with zero attached hydrogens (tertiary/aromatic N) is 2. The Morgan fingerprint density at radius 2 is 1.92 bits per heavy atom. The molecule has 0 aromatic heterocycles. The lowest BCUT2D eigenvalue weighted by Gasteiger charge is -2.44. The minimum Gasteiger partial charge on any atom is -0.465 e. The summed E-state index contributed by atoms with van der Waals surface area (Å²) in [5.41, 5.74) is 0. The third kappa shape index (κ3) is 5.32. The summed E-state index contributed by atoms with van der Waals surface area (Å²) in [5, 5.41) is 10.4. The number of hydrogen-bond donors (Lipinski definition) is 1. The number of esters is 1. The van der Waals surface area contributed by atoms with E-state index >= 15 is 0 Å². The third-order valence-corrected chi connectivity index (χ3v) is 11.8. The molecule has 7 nitrogen and oxygen atoms in total. The van der Waals surface area contributed by atoms with Gasteiger partial charge in [-0.25, -0.2) is 0 Å². The van der Waals surface area contributed by atoms with Gasteiger partial charge in [0.2, 0.25) is 11.8 Å². The van der Waals surface area contributed by atoms with Gasteiger partial charge in [-0.15, -0.1) is 24.9 Å². The van der Waals surface area contributed by atoms with Crippen molar-refractivity contribution < 1.29 is 24.2 Å². The lowest BCUT2D eigenvalue weighted by Crippen LogP contribution is -2.61. The van der Waals surface area contributed by atoms with Crippen molar-refractivity contribution in [2.75, 3.05) is 19.8 Å². The highest BCUT2D eigenvalue weighted by atomic mass is 32.2. The highest BCUT2D eigenvalue weighted by molar-refractivity contribution is 8.02. The van der Waals surface area contributed by atoms with Gasteiger partial charge in [0, 0.05) is 17.8 Å². The predicted octanol–water partition coefficient (Wildman–Crippen LogP) is 4.59. The lowest BCUT2D eigenvalue weighted by molar-refractivity contribution is -0.155. The Morgan fingerprint density at radius 1 is 1.21 bits per heavy atom. The first-order chi connectivity index (χ1) is 18.7. The van der Waals surface area contributed by atoms with E-state index in [1.165, 1.54) is 6.42 Å². The fraction of sp³-hybridized carbons (Fsp3) is 0.774. The molecule has 1 spiro atoms. The Hall–Kier alpha value is -1.80. The van der Waals surface area contributed by atoms with Gasteiger partial charge in [-0.2, -0.15) is 0 Å². The molecule has 0 aromatic carbocycles. The van der Waals surface area contributed by atoms with Crippen LogP contribution in [0.4, 0.5) is 0 Å². The van der Waals surface area contributed by atoms with E-state index in [9.17, 15) is 19.5 Å². The number of fused-ring (bicyclic) bond motifs is 1. The molecule has 218 valence electrons. The van der Waals surface area contributed by atoms with Crippen molar-refractivity contribution >= 4 is 29.5 Å². The van der Waals surface area contributed by atoms with Crippen LogP contribution in [0.15, 0.2) is 25.3 Å². The zero-order chi connectivity index (χ0) is 28.3. The van der Waals surface area contributed by atoms with E-state index in [0.29, 0.717) is 13.2 Å². The van der Waals surface area contributed by atoms with Gasteiger partial charge in [0.1, 0.15) is 6.04 Å². The molecular formula is C31H48N2O5S.